The first-order valence-electron chi connectivity index (χ1n) is 10.5. The zero-order valence-electron chi connectivity index (χ0n) is 18.3. The van der Waals surface area contributed by atoms with E-state index in [1.54, 1.807) is 17.2 Å². The lowest BCUT2D eigenvalue weighted by molar-refractivity contribution is 0.0265. The molecule has 1 N–H and O–H groups in total. The number of hydrogen-bond acceptors (Lipinski definition) is 4. The van der Waals surface area contributed by atoms with Crippen LogP contribution in [-0.4, -0.2) is 44.9 Å². The largest absolute Gasteiger partial charge is 0.444 e. The summed E-state index contributed by atoms with van der Waals surface area (Å²) in [5.41, 5.74) is 2.94. The standard InChI is InChI=1S/C24H27FN4O2/c1-15(21-6-5-11-29(21)23(30)31-24(2,3)4)28-22-10-7-16(13-27-22)19-14-26-20-12-17(25)8-9-18(19)20/h7-10,12-14,21,26H,5-6,11H2,1-4H3. The van der Waals surface area contributed by atoms with Gasteiger partial charge < -0.3 is 9.72 Å². The number of carbonyl (C=O) groups is 1. The van der Waals surface area contributed by atoms with Crippen molar-refractivity contribution in [2.45, 2.75) is 52.2 Å². The Balaban J connectivity index is 1.53. The molecule has 0 aliphatic carbocycles. The third-order valence-electron chi connectivity index (χ3n) is 5.36. The third kappa shape index (κ3) is 4.60. The summed E-state index contributed by atoms with van der Waals surface area (Å²) >= 11 is 0. The minimum atomic E-state index is -0.527. The fourth-order valence-electron chi connectivity index (χ4n) is 3.94. The maximum atomic E-state index is 13.4. The van der Waals surface area contributed by atoms with Crippen LogP contribution in [0, 0.1) is 5.82 Å². The molecule has 1 amide bonds. The van der Waals surface area contributed by atoms with Crippen molar-refractivity contribution in [3.05, 3.63) is 48.5 Å². The number of nitrogens with zero attached hydrogens (tertiary/aromatic N) is 3. The molecule has 0 saturated carbocycles. The van der Waals surface area contributed by atoms with Crippen molar-refractivity contribution < 1.29 is 13.9 Å². The van der Waals surface area contributed by atoms with E-state index in [1.165, 1.54) is 12.1 Å². The Hall–Kier alpha value is -3.22. The van der Waals surface area contributed by atoms with E-state index in [9.17, 15) is 9.18 Å². The number of amides is 1. The van der Waals surface area contributed by atoms with E-state index in [-0.39, 0.29) is 18.0 Å². The Morgan fingerprint density at radius 1 is 1.29 bits per heavy atom. The second-order valence-corrected chi connectivity index (χ2v) is 8.88. The van der Waals surface area contributed by atoms with Gasteiger partial charge in [-0.1, -0.05) is 0 Å². The summed E-state index contributed by atoms with van der Waals surface area (Å²) < 4.78 is 19.0. The molecule has 3 aromatic rings. The summed E-state index contributed by atoms with van der Waals surface area (Å²) in [5.74, 6) is 0.315. The van der Waals surface area contributed by atoms with Gasteiger partial charge in [0.2, 0.25) is 0 Å². The maximum absolute atomic E-state index is 13.4. The van der Waals surface area contributed by atoms with Crippen molar-refractivity contribution in [2.75, 3.05) is 6.54 Å². The number of carbonyl (C=O) groups excluding carboxylic acids is 1. The van der Waals surface area contributed by atoms with Crippen LogP contribution in [0.15, 0.2) is 47.7 Å². The number of pyridine rings is 1. The van der Waals surface area contributed by atoms with Crippen molar-refractivity contribution in [3.8, 4) is 11.1 Å². The zero-order valence-corrected chi connectivity index (χ0v) is 18.3. The average Bonchev–Trinajstić information content (AvgIpc) is 3.34. The van der Waals surface area contributed by atoms with E-state index in [0.29, 0.717) is 12.4 Å². The molecule has 31 heavy (non-hydrogen) atoms. The number of hydrogen-bond donors (Lipinski definition) is 1. The topological polar surface area (TPSA) is 70.6 Å². The Morgan fingerprint density at radius 3 is 2.81 bits per heavy atom. The van der Waals surface area contributed by atoms with Crippen LogP contribution in [0.25, 0.3) is 22.0 Å². The average molecular weight is 423 g/mol. The lowest BCUT2D eigenvalue weighted by Gasteiger charge is -2.28. The molecule has 0 spiro atoms. The number of ether oxygens (including phenoxy) is 1. The number of nitrogens with one attached hydrogen (secondary N) is 1. The lowest BCUT2D eigenvalue weighted by Crippen LogP contribution is -2.42. The first-order chi connectivity index (χ1) is 14.7. The molecular weight excluding hydrogens is 395 g/mol. The molecule has 3 heterocycles. The van der Waals surface area contributed by atoms with Gasteiger partial charge in [0, 0.05) is 46.7 Å². The second kappa shape index (κ2) is 8.13. The number of fused-ring (bicyclic) bond motifs is 1. The molecule has 0 radical (unpaired) electrons. The molecular formula is C24H27FN4O2. The van der Waals surface area contributed by atoms with Crippen molar-refractivity contribution in [1.82, 2.24) is 14.9 Å². The van der Waals surface area contributed by atoms with E-state index in [0.717, 1.165) is 40.6 Å². The van der Waals surface area contributed by atoms with E-state index >= 15 is 0 Å². The van der Waals surface area contributed by atoms with Crippen molar-refractivity contribution in [2.24, 2.45) is 4.99 Å². The number of aromatic nitrogens is 2. The van der Waals surface area contributed by atoms with Crippen LogP contribution in [0.5, 0.6) is 0 Å². The first kappa shape index (κ1) is 21.0. The molecule has 1 aliphatic rings. The number of benzene rings is 1. The van der Waals surface area contributed by atoms with Crippen molar-refractivity contribution >= 4 is 28.5 Å². The Bertz CT molecular complexity index is 1130. The van der Waals surface area contributed by atoms with Gasteiger partial charge >= 0.3 is 6.09 Å². The van der Waals surface area contributed by atoms with Gasteiger partial charge in [-0.15, -0.1) is 0 Å². The smallest absolute Gasteiger partial charge is 0.410 e. The van der Waals surface area contributed by atoms with E-state index in [2.05, 4.69) is 15.0 Å². The van der Waals surface area contributed by atoms with Crippen LogP contribution in [0.3, 0.4) is 0 Å². The molecule has 1 unspecified atom stereocenters. The Kier molecular flexibility index (Phi) is 5.52. The molecule has 1 atom stereocenters. The molecule has 4 rings (SSSR count). The highest BCUT2D eigenvalue weighted by atomic mass is 19.1. The van der Waals surface area contributed by atoms with Gasteiger partial charge in [0.25, 0.3) is 0 Å². The van der Waals surface area contributed by atoms with Gasteiger partial charge in [-0.05, 0) is 70.9 Å². The highest BCUT2D eigenvalue weighted by Crippen LogP contribution is 2.30. The summed E-state index contributed by atoms with van der Waals surface area (Å²) in [4.78, 5) is 26.5. The Labute approximate surface area is 181 Å². The van der Waals surface area contributed by atoms with Crippen LogP contribution in [0.4, 0.5) is 15.0 Å². The second-order valence-electron chi connectivity index (χ2n) is 8.88. The van der Waals surface area contributed by atoms with Gasteiger partial charge in [0.15, 0.2) is 5.82 Å². The molecule has 2 aromatic heterocycles. The van der Waals surface area contributed by atoms with Crippen LogP contribution in [0.1, 0.15) is 40.5 Å². The first-order valence-corrected chi connectivity index (χ1v) is 10.5. The van der Waals surface area contributed by atoms with Crippen molar-refractivity contribution in [1.29, 1.82) is 0 Å². The maximum Gasteiger partial charge on any atom is 0.410 e. The summed E-state index contributed by atoms with van der Waals surface area (Å²) in [7, 11) is 0. The summed E-state index contributed by atoms with van der Waals surface area (Å²) in [5, 5.41) is 0.939. The third-order valence-corrected chi connectivity index (χ3v) is 5.36. The van der Waals surface area contributed by atoms with Gasteiger partial charge in [-0.2, -0.15) is 0 Å². The fraction of sp³-hybridized carbons (Fsp3) is 0.375. The van der Waals surface area contributed by atoms with E-state index in [1.807, 2.05) is 46.0 Å². The van der Waals surface area contributed by atoms with Gasteiger partial charge in [0.1, 0.15) is 11.4 Å². The molecule has 162 valence electrons. The van der Waals surface area contributed by atoms with Crippen LogP contribution in [-0.2, 0) is 4.74 Å². The van der Waals surface area contributed by atoms with Crippen molar-refractivity contribution in [3.63, 3.8) is 0 Å². The summed E-state index contributed by atoms with van der Waals surface area (Å²) in [6.45, 7) is 8.20. The predicted octanol–water partition coefficient (Wildman–Crippen LogP) is 5.86. The lowest BCUT2D eigenvalue weighted by atomic mass is 10.1. The van der Waals surface area contributed by atoms with Gasteiger partial charge in [0.05, 0.1) is 6.04 Å². The monoisotopic (exact) mass is 422 g/mol. The highest BCUT2D eigenvalue weighted by Gasteiger charge is 2.33. The normalized spacial score (nSPS) is 17.4. The van der Waals surface area contributed by atoms with Crippen LogP contribution < -0.4 is 0 Å². The minimum Gasteiger partial charge on any atom is -0.444 e. The van der Waals surface area contributed by atoms with Crippen LogP contribution >= 0.6 is 0 Å². The van der Waals surface area contributed by atoms with Gasteiger partial charge in [-0.25, -0.2) is 19.2 Å². The number of H-pyrrole nitrogens is 1. The van der Waals surface area contributed by atoms with Gasteiger partial charge in [-0.3, -0.25) is 4.90 Å². The van der Waals surface area contributed by atoms with E-state index < -0.39 is 5.60 Å². The number of rotatable bonds is 3. The van der Waals surface area contributed by atoms with E-state index in [4.69, 9.17) is 4.74 Å². The van der Waals surface area contributed by atoms with Crippen LogP contribution in [0.2, 0.25) is 0 Å². The molecule has 6 nitrogen and oxygen atoms in total. The number of aliphatic imine (C=N–C) groups is 1. The predicted molar refractivity (Wildman–Crippen MR) is 120 cm³/mol. The SMILES string of the molecule is CC(=Nc1ccc(-c2c[nH]c3cc(F)ccc23)cn1)C1CCCN1C(=O)OC(C)(C)C. The zero-order chi connectivity index (χ0) is 22.2. The molecule has 1 aliphatic heterocycles. The quantitative estimate of drug-likeness (QED) is 0.537. The summed E-state index contributed by atoms with van der Waals surface area (Å²) in [6.07, 6.45) is 5.09. The molecule has 0 bridgehead atoms. The highest BCUT2D eigenvalue weighted by molar-refractivity contribution is 5.95. The Morgan fingerprint density at radius 2 is 2.10 bits per heavy atom. The number of halogens is 1. The number of likely N-dealkylation sites (tertiary alicyclic amines) is 1. The number of aromatic amines is 1. The molecule has 1 saturated heterocycles. The molecule has 1 aromatic carbocycles. The molecule has 7 heteroatoms. The summed E-state index contributed by atoms with van der Waals surface area (Å²) in [6, 6.07) is 8.41. The minimum absolute atomic E-state index is 0.0835. The fourth-order valence-corrected chi connectivity index (χ4v) is 3.94. The molecule has 1 fully saturated rings.